The third-order valence-corrected chi connectivity index (χ3v) is 4.04. The molecule has 4 heteroatoms. The molecule has 3 rings (SSSR count). The normalized spacial score (nSPS) is 17.2. The van der Waals surface area contributed by atoms with Gasteiger partial charge in [-0.15, -0.1) is 0 Å². The molecular weight excluding hydrogens is 280 g/mol. The highest BCUT2D eigenvalue weighted by Gasteiger charge is 2.24. The summed E-state index contributed by atoms with van der Waals surface area (Å²) in [4.78, 5) is 0. The third kappa shape index (κ3) is 2.56. The van der Waals surface area contributed by atoms with Crippen molar-refractivity contribution in [2.45, 2.75) is 25.4 Å². The Hall–Kier alpha value is -1.45. The molecule has 0 aromatic heterocycles. The topological polar surface area (TPSA) is 12.0 Å². The van der Waals surface area contributed by atoms with Gasteiger partial charge < -0.3 is 5.32 Å². The number of hydrogen-bond donors (Lipinski definition) is 1. The van der Waals surface area contributed by atoms with E-state index in [9.17, 15) is 8.78 Å². The van der Waals surface area contributed by atoms with Crippen molar-refractivity contribution in [3.05, 3.63) is 69.7 Å². The van der Waals surface area contributed by atoms with Crippen LogP contribution in [0.25, 0.3) is 0 Å². The molecule has 0 amide bonds. The van der Waals surface area contributed by atoms with Gasteiger partial charge in [-0.2, -0.15) is 0 Å². The number of hydrogen-bond acceptors (Lipinski definition) is 1. The van der Waals surface area contributed by atoms with Crippen molar-refractivity contribution in [3.8, 4) is 0 Å². The summed E-state index contributed by atoms with van der Waals surface area (Å²) in [6.45, 7) is 0.584. The Bertz CT molecular complexity index is 642. The van der Waals surface area contributed by atoms with Crippen molar-refractivity contribution in [3.63, 3.8) is 0 Å². The summed E-state index contributed by atoms with van der Waals surface area (Å²) in [5.74, 6) is -0.541. The first-order valence-corrected chi connectivity index (χ1v) is 6.97. The lowest BCUT2D eigenvalue weighted by molar-refractivity contribution is 0.529. The fourth-order valence-corrected chi connectivity index (χ4v) is 2.92. The molecule has 1 aliphatic carbocycles. The summed E-state index contributed by atoms with van der Waals surface area (Å²) in [6, 6.07) is 10.0. The zero-order valence-corrected chi connectivity index (χ0v) is 11.6. The van der Waals surface area contributed by atoms with E-state index in [4.69, 9.17) is 11.6 Å². The third-order valence-electron chi connectivity index (χ3n) is 3.75. The first-order valence-electron chi connectivity index (χ1n) is 6.60. The minimum atomic E-state index is -0.413. The van der Waals surface area contributed by atoms with Gasteiger partial charge in [-0.1, -0.05) is 29.8 Å². The van der Waals surface area contributed by atoms with Crippen LogP contribution in [0.4, 0.5) is 8.78 Å². The van der Waals surface area contributed by atoms with Crippen LogP contribution in [-0.4, -0.2) is 0 Å². The quantitative estimate of drug-likeness (QED) is 0.885. The van der Waals surface area contributed by atoms with Gasteiger partial charge in [0.05, 0.1) is 5.02 Å². The van der Waals surface area contributed by atoms with Crippen molar-refractivity contribution in [2.24, 2.45) is 0 Å². The van der Waals surface area contributed by atoms with Gasteiger partial charge in [0.15, 0.2) is 0 Å². The molecular formula is C16H14ClF2N. The maximum absolute atomic E-state index is 13.6. The smallest absolute Gasteiger partial charge is 0.141 e. The standard InChI is InChI=1S/C16H14ClF2N/c17-13-8-10(4-6-15(13)19)9-20-16-7-5-11-12(16)2-1-3-14(11)18/h1-4,6,8,16,20H,5,7,9H2. The van der Waals surface area contributed by atoms with E-state index in [1.165, 1.54) is 12.1 Å². The lowest BCUT2D eigenvalue weighted by atomic mass is 10.1. The van der Waals surface area contributed by atoms with Crippen LogP contribution in [0, 0.1) is 11.6 Å². The highest BCUT2D eigenvalue weighted by atomic mass is 35.5. The van der Waals surface area contributed by atoms with Crippen LogP contribution < -0.4 is 5.32 Å². The van der Waals surface area contributed by atoms with E-state index in [0.29, 0.717) is 6.54 Å². The second-order valence-corrected chi connectivity index (χ2v) is 5.44. The molecule has 0 bridgehead atoms. The molecule has 0 saturated heterocycles. The van der Waals surface area contributed by atoms with E-state index in [-0.39, 0.29) is 16.9 Å². The van der Waals surface area contributed by atoms with Crippen molar-refractivity contribution < 1.29 is 8.78 Å². The Kier molecular flexibility index (Phi) is 3.72. The first-order chi connectivity index (χ1) is 9.65. The van der Waals surface area contributed by atoms with Crippen molar-refractivity contribution in [2.75, 3.05) is 0 Å². The molecule has 0 aliphatic heterocycles. The SMILES string of the molecule is Fc1ccc(CNC2CCc3c(F)cccc32)cc1Cl. The number of fused-ring (bicyclic) bond motifs is 1. The lowest BCUT2D eigenvalue weighted by Crippen LogP contribution is -2.18. The maximum Gasteiger partial charge on any atom is 0.141 e. The van der Waals surface area contributed by atoms with Gasteiger partial charge in [-0.25, -0.2) is 8.78 Å². The Morgan fingerprint density at radius 2 is 2.00 bits per heavy atom. The molecule has 0 radical (unpaired) electrons. The Morgan fingerprint density at radius 3 is 2.80 bits per heavy atom. The first kappa shape index (κ1) is 13.5. The monoisotopic (exact) mass is 293 g/mol. The van der Waals surface area contributed by atoms with Gasteiger partial charge in [0.2, 0.25) is 0 Å². The summed E-state index contributed by atoms with van der Waals surface area (Å²) in [5, 5.41) is 3.51. The molecule has 20 heavy (non-hydrogen) atoms. The van der Waals surface area contributed by atoms with Crippen LogP contribution in [0.1, 0.15) is 29.2 Å². The molecule has 1 N–H and O–H groups in total. The number of nitrogens with one attached hydrogen (secondary N) is 1. The van der Waals surface area contributed by atoms with E-state index < -0.39 is 5.82 Å². The summed E-state index contributed by atoms with van der Waals surface area (Å²) in [7, 11) is 0. The predicted molar refractivity (Wildman–Crippen MR) is 75.7 cm³/mol. The minimum Gasteiger partial charge on any atom is -0.306 e. The van der Waals surface area contributed by atoms with Gasteiger partial charge in [0.1, 0.15) is 11.6 Å². The zero-order valence-electron chi connectivity index (χ0n) is 10.8. The van der Waals surface area contributed by atoms with Gasteiger partial charge in [-0.05, 0) is 47.7 Å². The molecule has 2 aromatic carbocycles. The molecule has 2 aromatic rings. The van der Waals surface area contributed by atoms with E-state index in [1.54, 1.807) is 18.2 Å². The molecule has 0 spiro atoms. The second-order valence-electron chi connectivity index (χ2n) is 5.03. The Balaban J connectivity index is 1.72. The Morgan fingerprint density at radius 1 is 1.15 bits per heavy atom. The van der Waals surface area contributed by atoms with Crippen LogP contribution in [0.5, 0.6) is 0 Å². The van der Waals surface area contributed by atoms with Gasteiger partial charge >= 0.3 is 0 Å². The average Bonchev–Trinajstić information content (AvgIpc) is 2.85. The molecule has 104 valence electrons. The summed E-state index contributed by atoms with van der Waals surface area (Å²) in [5.41, 5.74) is 2.75. The van der Waals surface area contributed by atoms with E-state index in [2.05, 4.69) is 5.32 Å². The number of rotatable bonds is 3. The van der Waals surface area contributed by atoms with Crippen molar-refractivity contribution in [1.82, 2.24) is 5.32 Å². The molecule has 1 nitrogen and oxygen atoms in total. The van der Waals surface area contributed by atoms with E-state index >= 15 is 0 Å². The zero-order chi connectivity index (χ0) is 14.1. The van der Waals surface area contributed by atoms with Crippen LogP contribution in [-0.2, 0) is 13.0 Å². The largest absolute Gasteiger partial charge is 0.306 e. The lowest BCUT2D eigenvalue weighted by Gasteiger charge is -2.14. The minimum absolute atomic E-state index is 0.127. The predicted octanol–water partition coefficient (Wildman–Crippen LogP) is 4.40. The molecule has 0 heterocycles. The molecule has 1 unspecified atom stereocenters. The fraction of sp³-hybridized carbons (Fsp3) is 0.250. The highest BCUT2D eigenvalue weighted by molar-refractivity contribution is 6.30. The second kappa shape index (κ2) is 5.51. The van der Waals surface area contributed by atoms with Gasteiger partial charge in [0, 0.05) is 12.6 Å². The molecule has 1 atom stereocenters. The summed E-state index contributed by atoms with van der Waals surface area (Å²) < 4.78 is 26.7. The Labute approximate surface area is 121 Å². The summed E-state index contributed by atoms with van der Waals surface area (Å²) in [6.07, 6.45) is 1.63. The molecule has 1 aliphatic rings. The summed E-state index contributed by atoms with van der Waals surface area (Å²) >= 11 is 5.76. The number of halogens is 3. The van der Waals surface area contributed by atoms with E-state index in [0.717, 1.165) is 29.5 Å². The average molecular weight is 294 g/mol. The highest BCUT2D eigenvalue weighted by Crippen LogP contribution is 2.32. The van der Waals surface area contributed by atoms with Crippen molar-refractivity contribution in [1.29, 1.82) is 0 Å². The fourth-order valence-electron chi connectivity index (χ4n) is 2.71. The molecule has 0 fully saturated rings. The number of benzene rings is 2. The maximum atomic E-state index is 13.6. The van der Waals surface area contributed by atoms with E-state index in [1.807, 2.05) is 6.07 Å². The van der Waals surface area contributed by atoms with Gasteiger partial charge in [0.25, 0.3) is 0 Å². The van der Waals surface area contributed by atoms with Crippen LogP contribution >= 0.6 is 11.6 Å². The van der Waals surface area contributed by atoms with Gasteiger partial charge in [-0.3, -0.25) is 0 Å². The van der Waals surface area contributed by atoms with Crippen LogP contribution in [0.15, 0.2) is 36.4 Å². The van der Waals surface area contributed by atoms with Crippen LogP contribution in [0.2, 0.25) is 5.02 Å². The molecule has 0 saturated carbocycles. The van der Waals surface area contributed by atoms with Crippen LogP contribution in [0.3, 0.4) is 0 Å². The van der Waals surface area contributed by atoms with Crippen molar-refractivity contribution >= 4 is 11.6 Å².